The SMILES string of the molecule is CCOc1ccc(Cl)cc1S(=O)(=O)Nc1ccccc1Cl. The molecule has 1 N–H and O–H groups in total. The van der Waals surface area contributed by atoms with Gasteiger partial charge in [-0.25, -0.2) is 8.42 Å². The molecule has 21 heavy (non-hydrogen) atoms. The number of anilines is 1. The van der Waals surface area contributed by atoms with Gasteiger partial charge in [-0.1, -0.05) is 35.3 Å². The van der Waals surface area contributed by atoms with Gasteiger partial charge in [0.15, 0.2) is 0 Å². The van der Waals surface area contributed by atoms with Gasteiger partial charge >= 0.3 is 0 Å². The van der Waals surface area contributed by atoms with E-state index in [0.717, 1.165) is 0 Å². The van der Waals surface area contributed by atoms with Crippen LogP contribution in [0, 0.1) is 0 Å². The molecule has 0 fully saturated rings. The van der Waals surface area contributed by atoms with Gasteiger partial charge in [-0.05, 0) is 37.3 Å². The molecule has 0 radical (unpaired) electrons. The van der Waals surface area contributed by atoms with Crippen molar-refractivity contribution >= 4 is 38.9 Å². The van der Waals surface area contributed by atoms with Crippen LogP contribution in [0.15, 0.2) is 47.4 Å². The lowest BCUT2D eigenvalue weighted by Crippen LogP contribution is -2.14. The zero-order valence-corrected chi connectivity index (χ0v) is 13.5. The van der Waals surface area contributed by atoms with Crippen molar-refractivity contribution < 1.29 is 13.2 Å². The van der Waals surface area contributed by atoms with Crippen LogP contribution >= 0.6 is 23.2 Å². The zero-order chi connectivity index (χ0) is 15.5. The Morgan fingerprint density at radius 3 is 2.52 bits per heavy atom. The van der Waals surface area contributed by atoms with E-state index in [1.165, 1.54) is 12.1 Å². The van der Waals surface area contributed by atoms with Crippen molar-refractivity contribution in [2.24, 2.45) is 0 Å². The highest BCUT2D eigenvalue weighted by atomic mass is 35.5. The minimum atomic E-state index is -3.86. The van der Waals surface area contributed by atoms with Gasteiger partial charge in [0.25, 0.3) is 10.0 Å². The van der Waals surface area contributed by atoms with E-state index >= 15 is 0 Å². The molecule has 0 aliphatic carbocycles. The van der Waals surface area contributed by atoms with Crippen LogP contribution in [0.1, 0.15) is 6.92 Å². The second-order valence-corrected chi connectivity index (χ2v) is 6.60. The molecular formula is C14H13Cl2NO3S. The summed E-state index contributed by atoms with van der Waals surface area (Å²) in [6, 6.07) is 11.0. The lowest BCUT2D eigenvalue weighted by molar-refractivity contribution is 0.331. The summed E-state index contributed by atoms with van der Waals surface area (Å²) in [6.07, 6.45) is 0. The van der Waals surface area contributed by atoms with Gasteiger partial charge < -0.3 is 4.74 Å². The number of sulfonamides is 1. The summed E-state index contributed by atoms with van der Waals surface area (Å²) in [5, 5.41) is 0.610. The van der Waals surface area contributed by atoms with Crippen LogP contribution in [0.4, 0.5) is 5.69 Å². The number of rotatable bonds is 5. The number of nitrogens with one attached hydrogen (secondary N) is 1. The summed E-state index contributed by atoms with van der Waals surface area (Å²) in [5.41, 5.74) is 0.293. The van der Waals surface area contributed by atoms with Gasteiger partial charge in [0.1, 0.15) is 10.6 Å². The first-order valence-corrected chi connectivity index (χ1v) is 8.37. The predicted molar refractivity (Wildman–Crippen MR) is 84.9 cm³/mol. The van der Waals surface area contributed by atoms with Crippen LogP contribution in [0.25, 0.3) is 0 Å². The second kappa shape index (κ2) is 6.56. The van der Waals surface area contributed by atoms with E-state index in [1.54, 1.807) is 37.3 Å². The summed E-state index contributed by atoms with van der Waals surface area (Å²) < 4.78 is 32.8. The fourth-order valence-electron chi connectivity index (χ4n) is 1.71. The van der Waals surface area contributed by atoms with E-state index in [4.69, 9.17) is 27.9 Å². The largest absolute Gasteiger partial charge is 0.492 e. The third kappa shape index (κ3) is 3.81. The molecule has 7 heteroatoms. The van der Waals surface area contributed by atoms with Gasteiger partial charge in [-0.2, -0.15) is 0 Å². The van der Waals surface area contributed by atoms with Crippen molar-refractivity contribution in [3.8, 4) is 5.75 Å². The number of hydrogen-bond donors (Lipinski definition) is 1. The molecule has 0 heterocycles. The molecule has 2 aromatic carbocycles. The zero-order valence-electron chi connectivity index (χ0n) is 11.1. The maximum absolute atomic E-state index is 12.5. The maximum Gasteiger partial charge on any atom is 0.265 e. The fraction of sp³-hybridized carbons (Fsp3) is 0.143. The molecule has 0 aliphatic rings. The molecule has 0 saturated carbocycles. The van der Waals surface area contributed by atoms with Crippen LogP contribution in [-0.2, 0) is 10.0 Å². The molecule has 2 rings (SSSR count). The Kier molecular flexibility index (Phi) is 4.98. The molecule has 0 unspecified atom stereocenters. The van der Waals surface area contributed by atoms with E-state index < -0.39 is 10.0 Å². The van der Waals surface area contributed by atoms with Gasteiger partial charge in [0.2, 0.25) is 0 Å². The quantitative estimate of drug-likeness (QED) is 0.883. The van der Waals surface area contributed by atoms with Crippen LogP contribution in [-0.4, -0.2) is 15.0 Å². The first kappa shape index (κ1) is 15.9. The van der Waals surface area contributed by atoms with E-state index in [2.05, 4.69) is 4.72 Å². The third-order valence-corrected chi connectivity index (χ3v) is 4.56. The minimum absolute atomic E-state index is 0.0308. The van der Waals surface area contributed by atoms with Crippen molar-refractivity contribution in [1.29, 1.82) is 0 Å². The molecule has 2 aromatic rings. The monoisotopic (exact) mass is 345 g/mol. The molecule has 0 spiro atoms. The van der Waals surface area contributed by atoms with Crippen LogP contribution in [0.5, 0.6) is 5.75 Å². The Balaban J connectivity index is 2.44. The Morgan fingerprint density at radius 2 is 1.86 bits per heavy atom. The highest BCUT2D eigenvalue weighted by Crippen LogP contribution is 2.30. The van der Waals surface area contributed by atoms with Crippen molar-refractivity contribution in [1.82, 2.24) is 0 Å². The van der Waals surface area contributed by atoms with Crippen molar-refractivity contribution in [2.75, 3.05) is 11.3 Å². The molecule has 0 amide bonds. The number of ether oxygens (including phenoxy) is 1. The second-order valence-electron chi connectivity index (χ2n) is 4.11. The van der Waals surface area contributed by atoms with Crippen LogP contribution < -0.4 is 9.46 Å². The molecule has 0 atom stereocenters. The maximum atomic E-state index is 12.5. The van der Waals surface area contributed by atoms with Crippen LogP contribution in [0.2, 0.25) is 10.0 Å². The van der Waals surface area contributed by atoms with E-state index in [9.17, 15) is 8.42 Å². The number of halogens is 2. The predicted octanol–water partition coefficient (Wildman–Crippen LogP) is 4.19. The normalized spacial score (nSPS) is 11.2. The molecular weight excluding hydrogens is 333 g/mol. The molecule has 112 valence electrons. The topological polar surface area (TPSA) is 55.4 Å². The molecule has 0 aliphatic heterocycles. The average molecular weight is 346 g/mol. The Morgan fingerprint density at radius 1 is 1.14 bits per heavy atom. The summed E-state index contributed by atoms with van der Waals surface area (Å²) in [4.78, 5) is -0.0308. The summed E-state index contributed by atoms with van der Waals surface area (Å²) in [5.74, 6) is 0.237. The van der Waals surface area contributed by atoms with Gasteiger partial charge in [-0.15, -0.1) is 0 Å². The Labute approximate surface area is 133 Å². The van der Waals surface area contributed by atoms with Gasteiger partial charge in [-0.3, -0.25) is 4.72 Å². The highest BCUT2D eigenvalue weighted by molar-refractivity contribution is 7.92. The lowest BCUT2D eigenvalue weighted by Gasteiger charge is -2.13. The number of hydrogen-bond acceptors (Lipinski definition) is 3. The first-order valence-electron chi connectivity index (χ1n) is 6.13. The smallest absolute Gasteiger partial charge is 0.265 e. The number of para-hydroxylation sites is 1. The molecule has 0 bridgehead atoms. The van der Waals surface area contributed by atoms with Crippen molar-refractivity contribution in [3.63, 3.8) is 0 Å². The number of benzene rings is 2. The lowest BCUT2D eigenvalue weighted by atomic mass is 10.3. The summed E-state index contributed by atoms with van der Waals surface area (Å²) >= 11 is 11.8. The van der Waals surface area contributed by atoms with Gasteiger partial charge in [0.05, 0.1) is 17.3 Å². The molecule has 0 saturated heterocycles. The average Bonchev–Trinajstić information content (AvgIpc) is 2.43. The third-order valence-electron chi connectivity index (χ3n) is 2.61. The van der Waals surface area contributed by atoms with Gasteiger partial charge in [0, 0.05) is 5.02 Å². The summed E-state index contributed by atoms with van der Waals surface area (Å²) in [6.45, 7) is 2.11. The molecule has 0 aromatic heterocycles. The Bertz CT molecular complexity index is 748. The van der Waals surface area contributed by atoms with Crippen LogP contribution in [0.3, 0.4) is 0 Å². The van der Waals surface area contributed by atoms with E-state index in [-0.39, 0.29) is 10.6 Å². The standard InChI is InChI=1S/C14H13Cl2NO3S/c1-2-20-13-8-7-10(15)9-14(13)21(18,19)17-12-6-4-3-5-11(12)16/h3-9,17H,2H2,1H3. The summed E-state index contributed by atoms with van der Waals surface area (Å²) in [7, 11) is -3.86. The fourth-order valence-corrected chi connectivity index (χ4v) is 3.44. The minimum Gasteiger partial charge on any atom is -0.492 e. The van der Waals surface area contributed by atoms with Crippen molar-refractivity contribution in [2.45, 2.75) is 11.8 Å². The highest BCUT2D eigenvalue weighted by Gasteiger charge is 2.21. The van der Waals surface area contributed by atoms with E-state index in [0.29, 0.717) is 22.3 Å². The van der Waals surface area contributed by atoms with E-state index in [1.807, 2.05) is 0 Å². The van der Waals surface area contributed by atoms with Crippen molar-refractivity contribution in [3.05, 3.63) is 52.5 Å². The molecule has 4 nitrogen and oxygen atoms in total. The first-order chi connectivity index (χ1) is 9.94. The Hall–Kier alpha value is -1.43.